The molecule has 9 nitrogen and oxygen atoms in total. The SMILES string of the molecule is COc1ccccc1N1C(=O)CC(c2c(C)[nH]n(-c3nc4ccccc4o3)c2=O)C1=O. The second-order valence-corrected chi connectivity index (χ2v) is 7.25. The summed E-state index contributed by atoms with van der Waals surface area (Å²) in [5.74, 6) is -1.38. The van der Waals surface area contributed by atoms with E-state index >= 15 is 0 Å². The summed E-state index contributed by atoms with van der Waals surface area (Å²) in [6.45, 7) is 1.68. The molecule has 0 saturated carbocycles. The highest BCUT2D eigenvalue weighted by atomic mass is 16.5. The fraction of sp³-hybridized carbons (Fsp3) is 0.182. The third kappa shape index (κ3) is 2.85. The minimum Gasteiger partial charge on any atom is -0.495 e. The fourth-order valence-electron chi connectivity index (χ4n) is 3.99. The van der Waals surface area contributed by atoms with E-state index in [9.17, 15) is 14.4 Å². The summed E-state index contributed by atoms with van der Waals surface area (Å²) in [6, 6.07) is 14.0. The molecule has 1 fully saturated rings. The Hall–Kier alpha value is -4.14. The lowest BCUT2D eigenvalue weighted by molar-refractivity contribution is -0.121. The number of anilines is 1. The van der Waals surface area contributed by atoms with Crippen molar-refractivity contribution in [2.45, 2.75) is 19.3 Å². The molecule has 2 aromatic heterocycles. The van der Waals surface area contributed by atoms with Crippen LogP contribution >= 0.6 is 0 Å². The Balaban J connectivity index is 1.56. The van der Waals surface area contributed by atoms with Gasteiger partial charge in [0.05, 0.1) is 24.3 Å². The molecule has 1 N–H and O–H groups in total. The van der Waals surface area contributed by atoms with Crippen LogP contribution in [-0.4, -0.2) is 33.7 Å². The van der Waals surface area contributed by atoms with E-state index in [1.54, 1.807) is 49.4 Å². The number of imide groups is 1. The smallest absolute Gasteiger partial charge is 0.325 e. The van der Waals surface area contributed by atoms with E-state index in [1.807, 2.05) is 6.07 Å². The van der Waals surface area contributed by atoms with Crippen LogP contribution in [0, 0.1) is 6.92 Å². The fourth-order valence-corrected chi connectivity index (χ4v) is 3.99. The van der Waals surface area contributed by atoms with Crippen molar-refractivity contribution < 1.29 is 18.7 Å². The quantitative estimate of drug-likeness (QED) is 0.510. The van der Waals surface area contributed by atoms with Crippen LogP contribution in [0.25, 0.3) is 17.1 Å². The molecule has 156 valence electrons. The van der Waals surface area contributed by atoms with E-state index in [2.05, 4.69) is 10.1 Å². The summed E-state index contributed by atoms with van der Waals surface area (Å²) in [6.07, 6.45) is -0.113. The molecule has 9 heteroatoms. The molecule has 0 bridgehead atoms. The van der Waals surface area contributed by atoms with Crippen LogP contribution in [-0.2, 0) is 9.59 Å². The van der Waals surface area contributed by atoms with Crippen molar-refractivity contribution in [2.24, 2.45) is 0 Å². The molecule has 0 spiro atoms. The van der Waals surface area contributed by atoms with Gasteiger partial charge in [-0.25, -0.2) is 4.90 Å². The highest BCUT2D eigenvalue weighted by Gasteiger charge is 2.44. The van der Waals surface area contributed by atoms with E-state index in [1.165, 1.54) is 7.11 Å². The number of fused-ring (bicyclic) bond motifs is 1. The maximum atomic E-state index is 13.2. The second-order valence-electron chi connectivity index (χ2n) is 7.25. The summed E-state index contributed by atoms with van der Waals surface area (Å²) in [5, 5.41) is 2.92. The monoisotopic (exact) mass is 418 g/mol. The number of aromatic nitrogens is 3. The maximum absolute atomic E-state index is 13.2. The molecule has 1 atom stereocenters. The van der Waals surface area contributed by atoms with Crippen molar-refractivity contribution in [1.29, 1.82) is 0 Å². The number of aromatic amines is 1. The highest BCUT2D eigenvalue weighted by molar-refractivity contribution is 6.23. The largest absolute Gasteiger partial charge is 0.495 e. The molecule has 2 aromatic carbocycles. The first-order chi connectivity index (χ1) is 15.0. The van der Waals surface area contributed by atoms with Gasteiger partial charge in [-0.2, -0.15) is 9.67 Å². The number of nitrogens with zero attached hydrogens (tertiary/aromatic N) is 3. The first-order valence-electron chi connectivity index (χ1n) is 9.67. The Morgan fingerprint density at radius 2 is 1.84 bits per heavy atom. The van der Waals surface area contributed by atoms with Gasteiger partial charge in [0.1, 0.15) is 11.3 Å². The number of para-hydroxylation sites is 4. The van der Waals surface area contributed by atoms with Gasteiger partial charge in [0.15, 0.2) is 5.58 Å². The molecule has 2 amide bonds. The second kappa shape index (κ2) is 6.98. The Morgan fingerprint density at radius 3 is 2.61 bits per heavy atom. The van der Waals surface area contributed by atoms with Crippen LogP contribution in [0.4, 0.5) is 5.69 Å². The maximum Gasteiger partial charge on any atom is 0.325 e. The van der Waals surface area contributed by atoms with Crippen molar-refractivity contribution in [3.05, 3.63) is 70.1 Å². The summed E-state index contributed by atoms with van der Waals surface area (Å²) >= 11 is 0. The number of hydrogen-bond acceptors (Lipinski definition) is 6. The molecule has 1 unspecified atom stereocenters. The van der Waals surface area contributed by atoms with Crippen LogP contribution in [0.3, 0.4) is 0 Å². The topological polar surface area (TPSA) is 110 Å². The van der Waals surface area contributed by atoms with E-state index in [-0.39, 0.29) is 18.0 Å². The molecule has 3 heterocycles. The number of carbonyl (C=O) groups excluding carboxylic acids is 2. The van der Waals surface area contributed by atoms with Crippen molar-refractivity contribution in [3.8, 4) is 11.8 Å². The average molecular weight is 418 g/mol. The van der Waals surface area contributed by atoms with E-state index in [0.29, 0.717) is 28.2 Å². The molecule has 1 aliphatic rings. The molecule has 1 aliphatic heterocycles. The van der Waals surface area contributed by atoms with Crippen molar-refractivity contribution >= 4 is 28.6 Å². The number of nitrogens with one attached hydrogen (secondary N) is 1. The average Bonchev–Trinajstić information content (AvgIpc) is 3.41. The Morgan fingerprint density at radius 1 is 1.10 bits per heavy atom. The minimum absolute atomic E-state index is 0.0684. The summed E-state index contributed by atoms with van der Waals surface area (Å²) in [5.41, 5.74) is 1.71. The van der Waals surface area contributed by atoms with Crippen LogP contribution in [0.1, 0.15) is 23.6 Å². The molecule has 5 rings (SSSR count). The van der Waals surface area contributed by atoms with Crippen LogP contribution < -0.4 is 15.2 Å². The van der Waals surface area contributed by atoms with Crippen molar-refractivity contribution in [3.63, 3.8) is 0 Å². The molecular weight excluding hydrogens is 400 g/mol. The molecule has 31 heavy (non-hydrogen) atoms. The summed E-state index contributed by atoms with van der Waals surface area (Å²) in [4.78, 5) is 44.6. The van der Waals surface area contributed by atoms with Gasteiger partial charge in [0.25, 0.3) is 5.56 Å². The molecule has 0 aliphatic carbocycles. The molecule has 1 saturated heterocycles. The van der Waals surface area contributed by atoms with E-state index in [4.69, 9.17) is 9.15 Å². The third-order valence-electron chi connectivity index (χ3n) is 5.41. The van der Waals surface area contributed by atoms with Crippen molar-refractivity contribution in [1.82, 2.24) is 14.8 Å². The standard InChI is InChI=1S/C22H18N4O5/c1-12-19(21(29)26(24-12)22-23-14-7-3-5-9-16(14)31-22)13-11-18(27)25(20(13)28)15-8-4-6-10-17(15)30-2/h3-10,13,24H,11H2,1-2H3. The van der Waals surface area contributed by atoms with E-state index in [0.717, 1.165) is 9.58 Å². The van der Waals surface area contributed by atoms with E-state index < -0.39 is 23.3 Å². The van der Waals surface area contributed by atoms with Gasteiger partial charge in [-0.1, -0.05) is 24.3 Å². The number of aryl methyl sites for hydroxylation is 1. The predicted molar refractivity (Wildman–Crippen MR) is 112 cm³/mol. The van der Waals surface area contributed by atoms with Gasteiger partial charge in [-0.15, -0.1) is 0 Å². The lowest BCUT2D eigenvalue weighted by atomic mass is 9.98. The highest BCUT2D eigenvalue weighted by Crippen LogP contribution is 2.37. The van der Waals surface area contributed by atoms with Gasteiger partial charge in [-0.05, 0) is 31.2 Å². The zero-order chi connectivity index (χ0) is 21.7. The normalized spacial score (nSPS) is 16.5. The number of H-pyrrole nitrogens is 1. The predicted octanol–water partition coefficient (Wildman–Crippen LogP) is 2.67. The molecular formula is C22H18N4O5. The lowest BCUT2D eigenvalue weighted by Crippen LogP contribution is -2.31. The van der Waals surface area contributed by atoms with Crippen LogP contribution in [0.2, 0.25) is 0 Å². The number of rotatable bonds is 4. The number of benzene rings is 2. The van der Waals surface area contributed by atoms with Gasteiger partial charge >= 0.3 is 6.01 Å². The van der Waals surface area contributed by atoms with Crippen molar-refractivity contribution in [2.75, 3.05) is 12.0 Å². The molecule has 4 aromatic rings. The number of carbonyl (C=O) groups is 2. The number of oxazole rings is 1. The van der Waals surface area contributed by atoms with Gasteiger partial charge in [0.2, 0.25) is 11.8 Å². The van der Waals surface area contributed by atoms with Gasteiger partial charge in [0, 0.05) is 12.1 Å². The van der Waals surface area contributed by atoms with Crippen LogP contribution in [0.15, 0.2) is 57.7 Å². The van der Waals surface area contributed by atoms with Crippen LogP contribution in [0.5, 0.6) is 5.75 Å². The van der Waals surface area contributed by atoms with Gasteiger partial charge in [-0.3, -0.25) is 19.5 Å². The third-order valence-corrected chi connectivity index (χ3v) is 5.41. The number of hydrogen-bond donors (Lipinski definition) is 1. The minimum atomic E-state index is -0.910. The first-order valence-corrected chi connectivity index (χ1v) is 9.67. The number of amides is 2. The molecule has 0 radical (unpaired) electrons. The number of methoxy groups -OCH3 is 1. The zero-order valence-electron chi connectivity index (χ0n) is 16.8. The zero-order valence-corrected chi connectivity index (χ0v) is 16.8. The Labute approximate surface area is 175 Å². The Kier molecular flexibility index (Phi) is 4.25. The summed E-state index contributed by atoms with van der Waals surface area (Å²) in [7, 11) is 1.47. The van der Waals surface area contributed by atoms with Gasteiger partial charge < -0.3 is 9.15 Å². The lowest BCUT2D eigenvalue weighted by Gasteiger charge is -2.17. The first kappa shape index (κ1) is 18.9. The number of ether oxygens (including phenoxy) is 1. The summed E-state index contributed by atoms with van der Waals surface area (Å²) < 4.78 is 12.1. The Bertz CT molecular complexity index is 1360.